The molecule has 0 fully saturated rings. The summed E-state index contributed by atoms with van der Waals surface area (Å²) in [7, 11) is 2.00. The Kier molecular flexibility index (Phi) is 5.31. The highest BCUT2D eigenvalue weighted by atomic mass is 35.5. The van der Waals surface area contributed by atoms with Gasteiger partial charge in [-0.3, -0.25) is 0 Å². The summed E-state index contributed by atoms with van der Waals surface area (Å²) in [5.41, 5.74) is 1.71. The quantitative estimate of drug-likeness (QED) is 0.399. The molecule has 2 aromatic carbocycles. The van der Waals surface area contributed by atoms with Gasteiger partial charge in [0.1, 0.15) is 18.0 Å². The molecule has 0 unspecified atom stereocenters. The van der Waals surface area contributed by atoms with E-state index in [0.717, 1.165) is 10.5 Å². The van der Waals surface area contributed by atoms with E-state index in [1.807, 2.05) is 43.5 Å². The first-order chi connectivity index (χ1) is 10.3. The van der Waals surface area contributed by atoms with E-state index >= 15 is 0 Å². The molecule has 0 N–H and O–H groups in total. The van der Waals surface area contributed by atoms with Crippen molar-refractivity contribution >= 4 is 33.6 Å². The van der Waals surface area contributed by atoms with Gasteiger partial charge in [0.25, 0.3) is 5.01 Å². The zero-order chi connectivity index (χ0) is 14.7. The van der Waals surface area contributed by atoms with Gasteiger partial charge in [-0.1, -0.05) is 41.7 Å². The number of carbonyl (C=O) groups is 1. The van der Waals surface area contributed by atoms with E-state index in [9.17, 15) is 4.79 Å². The molecular weight excluding hydrogens is 318 g/mol. The van der Waals surface area contributed by atoms with Gasteiger partial charge < -0.3 is 17.1 Å². The third-order valence-electron chi connectivity index (χ3n) is 3.17. The standard InChI is InChI=1S/C17H14NO2S.ClH/c1-18-14-9-5-6-10-15(14)21-16(18)11-12-20-17(19)13-7-3-2-4-8-13;/h2-12H,1H3;1H/q+1;/p-1. The predicted octanol–water partition coefficient (Wildman–Crippen LogP) is 0.557. The van der Waals surface area contributed by atoms with Gasteiger partial charge in [0.05, 0.1) is 11.6 Å². The van der Waals surface area contributed by atoms with E-state index in [0.29, 0.717) is 5.56 Å². The molecule has 1 heterocycles. The van der Waals surface area contributed by atoms with Crippen LogP contribution in [0.3, 0.4) is 0 Å². The van der Waals surface area contributed by atoms with Crippen molar-refractivity contribution in [1.29, 1.82) is 0 Å². The van der Waals surface area contributed by atoms with Crippen LogP contribution in [0.15, 0.2) is 60.9 Å². The van der Waals surface area contributed by atoms with Crippen LogP contribution in [0, 0.1) is 0 Å². The summed E-state index contributed by atoms with van der Waals surface area (Å²) in [6.45, 7) is 0. The molecule has 3 rings (SSSR count). The lowest BCUT2D eigenvalue weighted by molar-refractivity contribution is -0.642. The van der Waals surface area contributed by atoms with Crippen molar-refractivity contribution < 1.29 is 26.5 Å². The molecule has 0 amide bonds. The van der Waals surface area contributed by atoms with E-state index in [-0.39, 0.29) is 18.4 Å². The van der Waals surface area contributed by atoms with Gasteiger partial charge in [0.15, 0.2) is 0 Å². The molecule has 0 spiro atoms. The maximum Gasteiger partial charge on any atom is 0.342 e. The molecule has 0 aliphatic heterocycles. The number of carbonyl (C=O) groups excluding carboxylic acids is 1. The second-order valence-corrected chi connectivity index (χ2v) is 5.60. The number of rotatable bonds is 3. The Labute approximate surface area is 138 Å². The lowest BCUT2D eigenvalue weighted by Crippen LogP contribution is -3.00. The van der Waals surface area contributed by atoms with Gasteiger partial charge in [-0.25, -0.2) is 4.79 Å². The van der Waals surface area contributed by atoms with Crippen molar-refractivity contribution in [3.8, 4) is 0 Å². The van der Waals surface area contributed by atoms with Crippen LogP contribution in [0.2, 0.25) is 0 Å². The Balaban J connectivity index is 0.00000176. The fraction of sp³-hybridized carbons (Fsp3) is 0.0588. The average Bonchev–Trinajstić information content (AvgIpc) is 2.85. The topological polar surface area (TPSA) is 30.2 Å². The minimum Gasteiger partial charge on any atom is -1.00 e. The van der Waals surface area contributed by atoms with Crippen LogP contribution in [0.5, 0.6) is 0 Å². The summed E-state index contributed by atoms with van der Waals surface area (Å²) in [5, 5.41) is 1.03. The van der Waals surface area contributed by atoms with Gasteiger partial charge in [0, 0.05) is 6.07 Å². The minimum absolute atomic E-state index is 0. The zero-order valence-electron chi connectivity index (χ0n) is 11.9. The number of aromatic nitrogens is 1. The number of hydrogen-bond acceptors (Lipinski definition) is 3. The molecule has 0 saturated heterocycles. The van der Waals surface area contributed by atoms with Crippen molar-refractivity contribution in [3.63, 3.8) is 0 Å². The monoisotopic (exact) mass is 331 g/mol. The fourth-order valence-corrected chi connectivity index (χ4v) is 3.10. The van der Waals surface area contributed by atoms with E-state index < -0.39 is 0 Å². The number of para-hydroxylation sites is 1. The molecule has 0 bridgehead atoms. The number of benzene rings is 2. The normalized spacial score (nSPS) is 10.6. The number of thiazole rings is 1. The molecule has 22 heavy (non-hydrogen) atoms. The van der Waals surface area contributed by atoms with Crippen LogP contribution in [0.1, 0.15) is 15.4 Å². The minimum atomic E-state index is -0.351. The first kappa shape index (κ1) is 16.2. The van der Waals surface area contributed by atoms with Crippen molar-refractivity contribution in [3.05, 3.63) is 71.4 Å². The van der Waals surface area contributed by atoms with Crippen molar-refractivity contribution in [2.75, 3.05) is 0 Å². The highest BCUT2D eigenvalue weighted by Gasteiger charge is 2.13. The van der Waals surface area contributed by atoms with Gasteiger partial charge in [-0.2, -0.15) is 4.57 Å². The van der Waals surface area contributed by atoms with Gasteiger partial charge in [-0.05, 0) is 18.2 Å². The third kappa shape index (κ3) is 3.35. The van der Waals surface area contributed by atoms with Crippen LogP contribution in [-0.2, 0) is 11.8 Å². The second-order valence-electron chi connectivity index (χ2n) is 4.54. The largest absolute Gasteiger partial charge is 1.00 e. The number of aryl methyl sites for hydroxylation is 1. The highest BCUT2D eigenvalue weighted by molar-refractivity contribution is 7.18. The number of nitrogens with zero attached hydrogens (tertiary/aromatic N) is 1. The molecule has 0 radical (unpaired) electrons. The van der Waals surface area contributed by atoms with E-state index in [1.165, 1.54) is 11.0 Å². The molecule has 112 valence electrons. The Morgan fingerprint density at radius 3 is 2.50 bits per heavy atom. The average molecular weight is 332 g/mol. The van der Waals surface area contributed by atoms with Gasteiger partial charge >= 0.3 is 5.97 Å². The summed E-state index contributed by atoms with van der Waals surface area (Å²) in [6, 6.07) is 17.1. The summed E-state index contributed by atoms with van der Waals surface area (Å²) >= 11 is 1.66. The first-order valence-electron chi connectivity index (χ1n) is 6.56. The molecule has 0 atom stereocenters. The number of halogens is 1. The van der Waals surface area contributed by atoms with Crippen molar-refractivity contribution in [2.45, 2.75) is 0 Å². The molecule has 3 nitrogen and oxygen atoms in total. The Morgan fingerprint density at radius 1 is 1.09 bits per heavy atom. The predicted molar refractivity (Wildman–Crippen MR) is 83.9 cm³/mol. The van der Waals surface area contributed by atoms with Gasteiger partial charge in [-0.15, -0.1) is 0 Å². The maximum atomic E-state index is 11.8. The molecule has 5 heteroatoms. The number of esters is 1. The second kappa shape index (κ2) is 7.20. The van der Waals surface area contributed by atoms with E-state index in [1.54, 1.807) is 23.5 Å². The van der Waals surface area contributed by atoms with Crippen molar-refractivity contribution in [2.24, 2.45) is 7.05 Å². The van der Waals surface area contributed by atoms with Crippen LogP contribution < -0.4 is 17.0 Å². The summed E-state index contributed by atoms with van der Waals surface area (Å²) < 4.78 is 8.44. The Bertz CT molecular complexity index is 812. The summed E-state index contributed by atoms with van der Waals surface area (Å²) in [5.74, 6) is -0.351. The Morgan fingerprint density at radius 2 is 1.77 bits per heavy atom. The van der Waals surface area contributed by atoms with Crippen LogP contribution in [-0.4, -0.2) is 5.97 Å². The van der Waals surface area contributed by atoms with E-state index in [4.69, 9.17) is 4.74 Å². The van der Waals surface area contributed by atoms with E-state index in [2.05, 4.69) is 16.7 Å². The van der Waals surface area contributed by atoms with Crippen molar-refractivity contribution in [1.82, 2.24) is 0 Å². The lowest BCUT2D eigenvalue weighted by atomic mass is 10.2. The highest BCUT2D eigenvalue weighted by Crippen LogP contribution is 2.20. The third-order valence-corrected chi connectivity index (χ3v) is 4.35. The van der Waals surface area contributed by atoms with Crippen LogP contribution in [0.25, 0.3) is 16.3 Å². The molecule has 0 aliphatic carbocycles. The fourth-order valence-electron chi connectivity index (χ4n) is 2.06. The maximum absolute atomic E-state index is 11.8. The number of hydrogen-bond donors (Lipinski definition) is 0. The lowest BCUT2D eigenvalue weighted by Gasteiger charge is -1.97. The van der Waals surface area contributed by atoms with Gasteiger partial charge in [0.2, 0.25) is 5.52 Å². The smallest absolute Gasteiger partial charge is 0.342 e. The van der Waals surface area contributed by atoms with Crippen LogP contribution in [0.4, 0.5) is 0 Å². The number of ether oxygens (including phenoxy) is 1. The summed E-state index contributed by atoms with van der Waals surface area (Å²) in [6.07, 6.45) is 3.26. The zero-order valence-corrected chi connectivity index (χ0v) is 13.5. The molecule has 1 aromatic heterocycles. The molecule has 0 aliphatic rings. The first-order valence-corrected chi connectivity index (χ1v) is 7.37. The molecule has 3 aromatic rings. The summed E-state index contributed by atoms with van der Waals surface area (Å²) in [4.78, 5) is 11.8. The molecular formula is C17H14ClNO2S. The van der Waals surface area contributed by atoms with Crippen LogP contribution >= 0.6 is 11.3 Å². The SMILES string of the molecule is C[n+]1c(C=COC(=O)c2ccccc2)sc2ccccc21.[Cl-]. The number of fused-ring (bicyclic) bond motifs is 1. The Hall–Kier alpha value is -2.17. The molecule has 0 saturated carbocycles.